The van der Waals surface area contributed by atoms with Gasteiger partial charge in [0.05, 0.1) is 0 Å². The van der Waals surface area contributed by atoms with Crippen LogP contribution in [0.2, 0.25) is 0 Å². The number of carbonyl (C=O) groups excluding carboxylic acids is 1. The van der Waals surface area contributed by atoms with Crippen molar-refractivity contribution in [3.8, 4) is 0 Å². The topological polar surface area (TPSA) is 67.2 Å². The summed E-state index contributed by atoms with van der Waals surface area (Å²) in [6, 6.07) is 11.4. The van der Waals surface area contributed by atoms with E-state index in [0.29, 0.717) is 18.8 Å². The summed E-state index contributed by atoms with van der Waals surface area (Å²) in [4.78, 5) is 26.2. The van der Waals surface area contributed by atoms with Crippen LogP contribution in [0.5, 0.6) is 0 Å². The van der Waals surface area contributed by atoms with Gasteiger partial charge in [0.1, 0.15) is 5.69 Å². The van der Waals surface area contributed by atoms with Crippen LogP contribution >= 0.6 is 0 Å². The average molecular weight is 340 g/mol. The van der Waals surface area contributed by atoms with Crippen molar-refractivity contribution in [3.63, 3.8) is 0 Å². The lowest BCUT2D eigenvalue weighted by Gasteiger charge is -2.19. The Hall–Kier alpha value is -2.63. The molecular formula is C19H24N4O2. The Morgan fingerprint density at radius 3 is 2.88 bits per heavy atom. The molecule has 0 saturated heterocycles. The maximum atomic E-state index is 12.2. The van der Waals surface area contributed by atoms with Crippen LogP contribution in [0, 0.1) is 0 Å². The highest BCUT2D eigenvalue weighted by molar-refractivity contribution is 5.91. The van der Waals surface area contributed by atoms with Crippen molar-refractivity contribution >= 4 is 11.6 Å². The van der Waals surface area contributed by atoms with E-state index in [2.05, 4.69) is 39.6 Å². The van der Waals surface area contributed by atoms with Crippen molar-refractivity contribution in [1.29, 1.82) is 0 Å². The van der Waals surface area contributed by atoms with Crippen LogP contribution in [0.1, 0.15) is 35.8 Å². The fraction of sp³-hybridized carbons (Fsp3) is 0.421. The summed E-state index contributed by atoms with van der Waals surface area (Å²) in [6.45, 7) is 5.04. The third-order valence-corrected chi connectivity index (χ3v) is 4.41. The van der Waals surface area contributed by atoms with Gasteiger partial charge in [-0.25, -0.2) is 4.68 Å². The highest BCUT2D eigenvalue weighted by Crippen LogP contribution is 2.27. The van der Waals surface area contributed by atoms with E-state index in [1.54, 1.807) is 0 Å². The van der Waals surface area contributed by atoms with E-state index in [9.17, 15) is 9.59 Å². The predicted octanol–water partition coefficient (Wildman–Crippen LogP) is 1.84. The second-order valence-electron chi connectivity index (χ2n) is 6.26. The van der Waals surface area contributed by atoms with Crippen molar-refractivity contribution < 1.29 is 4.79 Å². The standard InChI is InChI=1S/C19H24N4O2/c1-2-12-23-18(24)9-8-16(21-23)19(25)20-11-5-13-22-14-10-15-6-3-4-7-17(15)22/h3-4,6-9H,2,5,10-14H2,1H3,(H,20,25). The summed E-state index contributed by atoms with van der Waals surface area (Å²) >= 11 is 0. The fourth-order valence-electron chi connectivity index (χ4n) is 3.14. The van der Waals surface area contributed by atoms with E-state index >= 15 is 0 Å². The van der Waals surface area contributed by atoms with Crippen LogP contribution in [0.4, 0.5) is 5.69 Å². The van der Waals surface area contributed by atoms with E-state index in [1.165, 1.54) is 28.1 Å². The first-order valence-corrected chi connectivity index (χ1v) is 8.88. The zero-order chi connectivity index (χ0) is 17.6. The van der Waals surface area contributed by atoms with Crippen molar-refractivity contribution in [1.82, 2.24) is 15.1 Å². The Labute approximate surface area is 147 Å². The van der Waals surface area contributed by atoms with Gasteiger partial charge in [0, 0.05) is 37.9 Å². The molecule has 6 nitrogen and oxygen atoms in total. The number of nitrogens with one attached hydrogen (secondary N) is 1. The number of carbonyl (C=O) groups is 1. The Morgan fingerprint density at radius 2 is 2.04 bits per heavy atom. The third kappa shape index (κ3) is 4.07. The van der Waals surface area contributed by atoms with E-state index in [1.807, 2.05) is 6.92 Å². The van der Waals surface area contributed by atoms with Crippen LogP contribution in [0.15, 0.2) is 41.2 Å². The second kappa shape index (κ2) is 7.96. The number of fused-ring (bicyclic) bond motifs is 1. The van der Waals surface area contributed by atoms with Crippen molar-refractivity contribution in [2.24, 2.45) is 0 Å². The van der Waals surface area contributed by atoms with Crippen LogP contribution < -0.4 is 15.8 Å². The SMILES string of the molecule is CCCn1nc(C(=O)NCCCN2CCc3ccccc32)ccc1=O. The first-order chi connectivity index (χ1) is 12.2. The number of nitrogens with zero attached hydrogens (tertiary/aromatic N) is 3. The maximum Gasteiger partial charge on any atom is 0.271 e. The van der Waals surface area contributed by atoms with E-state index < -0.39 is 0 Å². The molecular weight excluding hydrogens is 316 g/mol. The third-order valence-electron chi connectivity index (χ3n) is 4.41. The zero-order valence-corrected chi connectivity index (χ0v) is 14.6. The molecule has 1 amide bonds. The summed E-state index contributed by atoms with van der Waals surface area (Å²) < 4.78 is 1.34. The lowest BCUT2D eigenvalue weighted by Crippen LogP contribution is -2.32. The average Bonchev–Trinajstić information content (AvgIpc) is 3.04. The Bertz CT molecular complexity index is 800. The zero-order valence-electron chi connectivity index (χ0n) is 14.6. The fourth-order valence-corrected chi connectivity index (χ4v) is 3.14. The number of rotatable bonds is 7. The summed E-state index contributed by atoms with van der Waals surface area (Å²) in [5.41, 5.74) is 2.82. The van der Waals surface area contributed by atoms with Crippen LogP contribution in [0.25, 0.3) is 0 Å². The smallest absolute Gasteiger partial charge is 0.271 e. The van der Waals surface area contributed by atoms with Gasteiger partial charge in [-0.3, -0.25) is 9.59 Å². The number of hydrogen-bond donors (Lipinski definition) is 1. The van der Waals surface area contributed by atoms with Gasteiger partial charge in [-0.2, -0.15) is 5.10 Å². The largest absolute Gasteiger partial charge is 0.371 e. The minimum atomic E-state index is -0.230. The molecule has 1 aliphatic heterocycles. The Balaban J connectivity index is 1.49. The number of benzene rings is 1. The molecule has 1 aliphatic rings. The van der Waals surface area contributed by atoms with Gasteiger partial charge >= 0.3 is 0 Å². The lowest BCUT2D eigenvalue weighted by atomic mass is 10.2. The van der Waals surface area contributed by atoms with Crippen LogP contribution in [0.3, 0.4) is 0 Å². The lowest BCUT2D eigenvalue weighted by molar-refractivity contribution is 0.0945. The molecule has 1 aromatic carbocycles. The molecule has 0 atom stereocenters. The monoisotopic (exact) mass is 340 g/mol. The van der Waals surface area contributed by atoms with Crippen molar-refractivity contribution in [3.05, 3.63) is 58.0 Å². The molecule has 2 heterocycles. The van der Waals surface area contributed by atoms with Gasteiger partial charge in [-0.1, -0.05) is 25.1 Å². The quantitative estimate of drug-likeness (QED) is 0.781. The molecule has 1 aromatic heterocycles. The molecule has 25 heavy (non-hydrogen) atoms. The number of aromatic nitrogens is 2. The van der Waals surface area contributed by atoms with E-state index in [4.69, 9.17) is 0 Å². The first-order valence-electron chi connectivity index (χ1n) is 8.88. The minimum absolute atomic E-state index is 0.175. The van der Waals surface area contributed by atoms with Gasteiger partial charge in [0.15, 0.2) is 0 Å². The van der Waals surface area contributed by atoms with Gasteiger partial charge in [-0.15, -0.1) is 0 Å². The van der Waals surface area contributed by atoms with Crippen molar-refractivity contribution in [2.75, 3.05) is 24.5 Å². The Morgan fingerprint density at radius 1 is 1.20 bits per heavy atom. The van der Waals surface area contributed by atoms with E-state index in [-0.39, 0.29) is 11.5 Å². The molecule has 0 saturated carbocycles. The molecule has 3 rings (SSSR count). The molecule has 0 spiro atoms. The maximum absolute atomic E-state index is 12.2. The number of anilines is 1. The molecule has 2 aromatic rings. The molecule has 0 radical (unpaired) electrons. The number of aryl methyl sites for hydroxylation is 1. The second-order valence-corrected chi connectivity index (χ2v) is 6.26. The van der Waals surface area contributed by atoms with Crippen LogP contribution in [-0.4, -0.2) is 35.3 Å². The first kappa shape index (κ1) is 17.2. The molecule has 0 aliphatic carbocycles. The van der Waals surface area contributed by atoms with Gasteiger partial charge in [0.2, 0.25) is 0 Å². The predicted molar refractivity (Wildman–Crippen MR) is 98.1 cm³/mol. The summed E-state index contributed by atoms with van der Waals surface area (Å²) in [7, 11) is 0. The highest BCUT2D eigenvalue weighted by atomic mass is 16.2. The summed E-state index contributed by atoms with van der Waals surface area (Å²) in [5, 5.41) is 7.02. The highest BCUT2D eigenvalue weighted by Gasteiger charge is 2.17. The van der Waals surface area contributed by atoms with Gasteiger partial charge in [-0.05, 0) is 37.0 Å². The molecule has 0 bridgehead atoms. The minimum Gasteiger partial charge on any atom is -0.371 e. The number of amides is 1. The number of hydrogen-bond acceptors (Lipinski definition) is 4. The summed E-state index contributed by atoms with van der Waals surface area (Å²) in [5.74, 6) is -0.230. The van der Waals surface area contributed by atoms with Crippen LogP contribution in [-0.2, 0) is 13.0 Å². The molecule has 0 unspecified atom stereocenters. The molecule has 132 valence electrons. The molecule has 1 N–H and O–H groups in total. The van der Waals surface area contributed by atoms with E-state index in [0.717, 1.165) is 32.4 Å². The number of para-hydroxylation sites is 1. The summed E-state index contributed by atoms with van der Waals surface area (Å²) in [6.07, 6.45) is 2.76. The van der Waals surface area contributed by atoms with Crippen molar-refractivity contribution in [2.45, 2.75) is 32.7 Å². The van der Waals surface area contributed by atoms with Gasteiger partial charge in [0.25, 0.3) is 11.5 Å². The molecule has 0 fully saturated rings. The van der Waals surface area contributed by atoms with Gasteiger partial charge < -0.3 is 10.2 Å². The Kier molecular flexibility index (Phi) is 5.48. The molecule has 6 heteroatoms. The normalized spacial score (nSPS) is 12.9.